The number of benzene rings is 2. The van der Waals surface area contributed by atoms with E-state index < -0.39 is 9.84 Å². The molecule has 4 nitrogen and oxygen atoms in total. The van der Waals surface area contributed by atoms with Crippen LogP contribution >= 0.6 is 0 Å². The molecule has 0 aliphatic heterocycles. The van der Waals surface area contributed by atoms with Crippen molar-refractivity contribution in [1.82, 2.24) is 0 Å². The fourth-order valence-corrected chi connectivity index (χ4v) is 2.89. The first-order valence-corrected chi connectivity index (χ1v) is 8.84. The molecule has 0 bridgehead atoms. The van der Waals surface area contributed by atoms with Gasteiger partial charge in [0.1, 0.15) is 0 Å². The van der Waals surface area contributed by atoms with Crippen molar-refractivity contribution in [2.24, 2.45) is 0 Å². The Kier molecular flexibility index (Phi) is 4.98. The third-order valence-electron chi connectivity index (χ3n) is 3.48. The van der Waals surface area contributed by atoms with Gasteiger partial charge >= 0.3 is 0 Å². The number of hydrogen-bond donors (Lipinski definition) is 1. The zero-order valence-corrected chi connectivity index (χ0v) is 13.5. The normalized spacial score (nSPS) is 11.2. The van der Waals surface area contributed by atoms with E-state index in [2.05, 4.69) is 12.2 Å². The summed E-state index contributed by atoms with van der Waals surface area (Å²) in [7, 11) is -3.22. The number of hydrogen-bond acceptors (Lipinski definition) is 3. The van der Waals surface area contributed by atoms with Gasteiger partial charge in [-0.25, -0.2) is 8.42 Å². The van der Waals surface area contributed by atoms with Crippen LogP contribution in [-0.4, -0.2) is 20.1 Å². The Labute approximate surface area is 131 Å². The van der Waals surface area contributed by atoms with E-state index >= 15 is 0 Å². The summed E-state index contributed by atoms with van der Waals surface area (Å²) in [5.74, 6) is -0.156. The maximum atomic E-state index is 12.1. The van der Waals surface area contributed by atoms with Crippen LogP contribution in [0.1, 0.15) is 29.8 Å². The molecule has 2 rings (SSSR count). The average Bonchev–Trinajstić information content (AvgIpc) is 2.55. The van der Waals surface area contributed by atoms with Crippen LogP contribution in [0.4, 0.5) is 5.69 Å². The maximum absolute atomic E-state index is 12.1. The van der Waals surface area contributed by atoms with Gasteiger partial charge in [0, 0.05) is 11.3 Å². The van der Waals surface area contributed by atoms with Crippen molar-refractivity contribution in [3.05, 3.63) is 59.7 Å². The molecule has 2 aromatic rings. The number of rotatable bonds is 5. The van der Waals surface area contributed by atoms with Crippen LogP contribution in [0.3, 0.4) is 0 Å². The number of carbonyl (C=O) groups is 1. The molecule has 5 heteroatoms. The van der Waals surface area contributed by atoms with Gasteiger partial charge in [-0.1, -0.05) is 26.0 Å². The first kappa shape index (κ1) is 16.2. The minimum absolute atomic E-state index is 0.0580. The minimum atomic E-state index is -3.22. The van der Waals surface area contributed by atoms with E-state index in [0.29, 0.717) is 11.3 Å². The van der Waals surface area contributed by atoms with Crippen molar-refractivity contribution < 1.29 is 13.2 Å². The molecule has 116 valence electrons. The molecule has 0 heterocycles. The number of aryl methyl sites for hydroxylation is 1. The second-order valence-electron chi connectivity index (χ2n) is 4.93. The van der Waals surface area contributed by atoms with E-state index in [0.717, 1.165) is 6.42 Å². The number of carbonyl (C=O) groups excluding carboxylic acids is 1. The molecule has 0 aromatic heterocycles. The van der Waals surface area contributed by atoms with E-state index in [1.54, 1.807) is 31.2 Å². The lowest BCUT2D eigenvalue weighted by molar-refractivity contribution is 0.102. The molecule has 0 unspecified atom stereocenters. The monoisotopic (exact) mass is 317 g/mol. The van der Waals surface area contributed by atoms with Gasteiger partial charge in [-0.3, -0.25) is 4.79 Å². The van der Waals surface area contributed by atoms with Crippen molar-refractivity contribution in [3.8, 4) is 0 Å². The van der Waals surface area contributed by atoms with Gasteiger partial charge in [0.25, 0.3) is 5.91 Å². The van der Waals surface area contributed by atoms with E-state index in [-0.39, 0.29) is 16.6 Å². The Hall–Kier alpha value is -2.14. The lowest BCUT2D eigenvalue weighted by atomic mass is 10.1. The number of anilines is 1. The van der Waals surface area contributed by atoms with Gasteiger partial charge in [0.15, 0.2) is 9.84 Å². The van der Waals surface area contributed by atoms with E-state index in [9.17, 15) is 13.2 Å². The standard InChI is InChI=1S/C17H19NO3S/c1-3-13-5-7-14(8-6-13)17(19)18-15-9-11-16(12-10-15)22(20,21)4-2/h5-12H,3-4H2,1-2H3,(H,18,19). The Morgan fingerprint density at radius 1 is 0.955 bits per heavy atom. The fraction of sp³-hybridized carbons (Fsp3) is 0.235. The molecular formula is C17H19NO3S. The molecule has 0 spiro atoms. The van der Waals surface area contributed by atoms with Gasteiger partial charge in [0.2, 0.25) is 0 Å². The summed E-state index contributed by atoms with van der Waals surface area (Å²) >= 11 is 0. The summed E-state index contributed by atoms with van der Waals surface area (Å²) in [6, 6.07) is 13.6. The zero-order valence-electron chi connectivity index (χ0n) is 12.7. The predicted octanol–water partition coefficient (Wildman–Crippen LogP) is 3.29. The lowest BCUT2D eigenvalue weighted by Gasteiger charge is -2.07. The van der Waals surface area contributed by atoms with Crippen molar-refractivity contribution in [2.75, 3.05) is 11.1 Å². The molecule has 0 saturated heterocycles. The van der Waals surface area contributed by atoms with Crippen LogP contribution in [0.25, 0.3) is 0 Å². The largest absolute Gasteiger partial charge is 0.322 e. The summed E-state index contributed by atoms with van der Waals surface area (Å²) in [6.07, 6.45) is 0.926. The molecule has 1 amide bonds. The Morgan fingerprint density at radius 3 is 2.05 bits per heavy atom. The Bertz CT molecular complexity index is 747. The predicted molar refractivity (Wildman–Crippen MR) is 87.9 cm³/mol. The summed E-state index contributed by atoms with van der Waals surface area (Å²) in [5.41, 5.74) is 2.31. The van der Waals surface area contributed by atoms with Crippen LogP contribution in [0.2, 0.25) is 0 Å². The van der Waals surface area contributed by atoms with Crippen LogP contribution < -0.4 is 5.32 Å². The summed E-state index contributed by atoms with van der Waals surface area (Å²) < 4.78 is 23.5. The van der Waals surface area contributed by atoms with Crippen molar-refractivity contribution in [3.63, 3.8) is 0 Å². The smallest absolute Gasteiger partial charge is 0.255 e. The van der Waals surface area contributed by atoms with Crippen LogP contribution in [0.15, 0.2) is 53.4 Å². The molecule has 22 heavy (non-hydrogen) atoms. The SMILES string of the molecule is CCc1ccc(C(=O)Nc2ccc(S(=O)(=O)CC)cc2)cc1. The van der Waals surface area contributed by atoms with Gasteiger partial charge in [0.05, 0.1) is 10.6 Å². The Balaban J connectivity index is 2.11. The molecule has 0 fully saturated rings. The highest BCUT2D eigenvalue weighted by molar-refractivity contribution is 7.91. The van der Waals surface area contributed by atoms with Crippen LogP contribution in [-0.2, 0) is 16.3 Å². The van der Waals surface area contributed by atoms with Crippen LogP contribution in [0, 0.1) is 0 Å². The quantitative estimate of drug-likeness (QED) is 0.920. The summed E-state index contributed by atoms with van der Waals surface area (Å²) in [4.78, 5) is 12.4. The highest BCUT2D eigenvalue weighted by Gasteiger charge is 2.11. The molecule has 0 aliphatic rings. The third-order valence-corrected chi connectivity index (χ3v) is 5.23. The van der Waals surface area contributed by atoms with Crippen molar-refractivity contribution in [1.29, 1.82) is 0 Å². The molecule has 0 radical (unpaired) electrons. The molecule has 0 aliphatic carbocycles. The van der Waals surface area contributed by atoms with Gasteiger partial charge in [-0.05, 0) is 48.4 Å². The highest BCUT2D eigenvalue weighted by atomic mass is 32.2. The second kappa shape index (κ2) is 6.75. The molecular weight excluding hydrogens is 298 g/mol. The van der Waals surface area contributed by atoms with E-state index in [1.807, 2.05) is 12.1 Å². The topological polar surface area (TPSA) is 63.2 Å². The highest BCUT2D eigenvalue weighted by Crippen LogP contribution is 2.16. The average molecular weight is 317 g/mol. The van der Waals surface area contributed by atoms with Gasteiger partial charge in [-0.15, -0.1) is 0 Å². The van der Waals surface area contributed by atoms with E-state index in [4.69, 9.17) is 0 Å². The van der Waals surface area contributed by atoms with Gasteiger partial charge < -0.3 is 5.32 Å². The molecule has 2 aromatic carbocycles. The van der Waals surface area contributed by atoms with Crippen molar-refractivity contribution in [2.45, 2.75) is 25.2 Å². The number of sulfone groups is 1. The first-order valence-electron chi connectivity index (χ1n) is 7.19. The lowest BCUT2D eigenvalue weighted by Crippen LogP contribution is -2.12. The van der Waals surface area contributed by atoms with E-state index in [1.165, 1.54) is 17.7 Å². The molecule has 0 saturated carbocycles. The number of amides is 1. The maximum Gasteiger partial charge on any atom is 0.255 e. The fourth-order valence-electron chi connectivity index (χ4n) is 2.01. The molecule has 1 N–H and O–H groups in total. The summed E-state index contributed by atoms with van der Waals surface area (Å²) in [5, 5.41) is 2.76. The molecule has 0 atom stereocenters. The van der Waals surface area contributed by atoms with Crippen LogP contribution in [0.5, 0.6) is 0 Å². The third kappa shape index (κ3) is 3.74. The minimum Gasteiger partial charge on any atom is -0.322 e. The summed E-state index contributed by atoms with van der Waals surface area (Å²) in [6.45, 7) is 3.66. The number of nitrogens with one attached hydrogen (secondary N) is 1. The van der Waals surface area contributed by atoms with Gasteiger partial charge in [-0.2, -0.15) is 0 Å². The first-order chi connectivity index (χ1) is 10.5. The Morgan fingerprint density at radius 2 is 1.55 bits per heavy atom. The van der Waals surface area contributed by atoms with Crippen molar-refractivity contribution >= 4 is 21.4 Å². The second-order valence-corrected chi connectivity index (χ2v) is 7.21. The zero-order chi connectivity index (χ0) is 16.2.